The van der Waals surface area contributed by atoms with Gasteiger partial charge in [0, 0.05) is 6.42 Å². The van der Waals surface area contributed by atoms with Gasteiger partial charge in [-0.2, -0.15) is 0 Å². The number of aliphatic hydroxyl groups excluding tert-OH is 1. The molecule has 0 bridgehead atoms. The van der Waals surface area contributed by atoms with E-state index in [0.29, 0.717) is 6.42 Å². The third-order valence-electron chi connectivity index (χ3n) is 1.85. The van der Waals surface area contributed by atoms with Crippen LogP contribution < -0.4 is 11.1 Å². The summed E-state index contributed by atoms with van der Waals surface area (Å²) in [6, 6.07) is -1.51. The molecule has 0 aliphatic rings. The molecule has 7 heteroatoms. The maximum atomic E-state index is 11.1. The minimum atomic E-state index is -1.52. The monoisotopic (exact) mass is 232 g/mol. The van der Waals surface area contributed by atoms with Gasteiger partial charge in [-0.25, -0.2) is 4.79 Å². The van der Waals surface area contributed by atoms with E-state index in [1.807, 2.05) is 0 Å². The second-order valence-corrected chi connectivity index (χ2v) is 3.37. The number of amides is 2. The lowest BCUT2D eigenvalue weighted by atomic mass is 10.1. The van der Waals surface area contributed by atoms with Crippen molar-refractivity contribution in [3.05, 3.63) is 0 Å². The Labute approximate surface area is 92.6 Å². The van der Waals surface area contributed by atoms with Crippen molar-refractivity contribution in [3.63, 3.8) is 0 Å². The summed E-state index contributed by atoms with van der Waals surface area (Å²) < 4.78 is 0. The highest BCUT2D eigenvalue weighted by atomic mass is 16.4. The van der Waals surface area contributed by atoms with Crippen molar-refractivity contribution < 1.29 is 24.6 Å². The Morgan fingerprint density at radius 3 is 2.31 bits per heavy atom. The van der Waals surface area contributed by atoms with Gasteiger partial charge >= 0.3 is 5.97 Å². The van der Waals surface area contributed by atoms with E-state index >= 15 is 0 Å². The molecule has 0 aromatic heterocycles. The molecule has 0 aromatic carbocycles. The molecule has 7 nitrogen and oxygen atoms in total. The number of hydrogen-bond acceptors (Lipinski definition) is 4. The molecule has 0 saturated heterocycles. The molecule has 2 amide bonds. The maximum absolute atomic E-state index is 11.1. The van der Waals surface area contributed by atoms with Crippen molar-refractivity contribution in [1.29, 1.82) is 0 Å². The second-order valence-electron chi connectivity index (χ2n) is 3.37. The lowest BCUT2D eigenvalue weighted by molar-refractivity contribution is -0.145. The highest BCUT2D eigenvalue weighted by Crippen LogP contribution is 2.00. The van der Waals surface area contributed by atoms with Crippen molar-refractivity contribution in [2.75, 3.05) is 0 Å². The zero-order valence-electron chi connectivity index (χ0n) is 8.97. The summed E-state index contributed by atoms with van der Waals surface area (Å²) in [6.07, 6.45) is -1.31. The summed E-state index contributed by atoms with van der Waals surface area (Å²) in [5.74, 6) is -2.72. The number of primary amides is 1. The van der Waals surface area contributed by atoms with Crippen LogP contribution in [-0.4, -0.2) is 40.1 Å². The molecule has 0 aliphatic carbocycles. The van der Waals surface area contributed by atoms with Crippen molar-refractivity contribution >= 4 is 17.8 Å². The van der Waals surface area contributed by atoms with Gasteiger partial charge in [0.2, 0.25) is 11.8 Å². The minimum Gasteiger partial charge on any atom is -0.480 e. The average molecular weight is 232 g/mol. The number of carboxylic acid groups (broad SMARTS) is 1. The first-order valence-corrected chi connectivity index (χ1v) is 4.87. The normalized spacial score (nSPS) is 13.9. The van der Waals surface area contributed by atoms with Crippen LogP contribution in [0.5, 0.6) is 0 Å². The lowest BCUT2D eigenvalue weighted by Gasteiger charge is -2.19. The van der Waals surface area contributed by atoms with Gasteiger partial charge in [0.15, 0.2) is 6.04 Å². The van der Waals surface area contributed by atoms with Crippen molar-refractivity contribution in [1.82, 2.24) is 5.32 Å². The lowest BCUT2D eigenvalue weighted by Crippen LogP contribution is -2.49. The van der Waals surface area contributed by atoms with E-state index in [1.165, 1.54) is 0 Å². The van der Waals surface area contributed by atoms with Crippen LogP contribution in [0.2, 0.25) is 0 Å². The van der Waals surface area contributed by atoms with Crippen LogP contribution in [0.4, 0.5) is 0 Å². The summed E-state index contributed by atoms with van der Waals surface area (Å²) in [6.45, 7) is 1.76. The number of hydrogen-bond donors (Lipinski definition) is 4. The zero-order chi connectivity index (χ0) is 12.7. The van der Waals surface area contributed by atoms with Crippen LogP contribution in [-0.2, 0) is 14.4 Å². The van der Waals surface area contributed by atoms with Crippen LogP contribution in [0, 0.1) is 0 Å². The number of carboxylic acids is 1. The highest BCUT2D eigenvalue weighted by molar-refractivity contribution is 5.85. The van der Waals surface area contributed by atoms with E-state index in [-0.39, 0.29) is 6.42 Å². The van der Waals surface area contributed by atoms with E-state index in [2.05, 4.69) is 5.32 Å². The molecule has 92 valence electrons. The van der Waals surface area contributed by atoms with Crippen molar-refractivity contribution in [2.24, 2.45) is 5.73 Å². The Balaban J connectivity index is 4.43. The van der Waals surface area contributed by atoms with Gasteiger partial charge in [0.1, 0.15) is 0 Å². The fraction of sp³-hybridized carbons (Fsp3) is 0.667. The van der Waals surface area contributed by atoms with Gasteiger partial charge < -0.3 is 21.3 Å². The number of aliphatic carboxylic acids is 1. The average Bonchev–Trinajstić information content (AvgIpc) is 2.12. The third-order valence-corrected chi connectivity index (χ3v) is 1.85. The van der Waals surface area contributed by atoms with Crippen LogP contribution >= 0.6 is 0 Å². The van der Waals surface area contributed by atoms with Crippen LogP contribution in [0.25, 0.3) is 0 Å². The van der Waals surface area contributed by atoms with E-state index < -0.39 is 36.4 Å². The van der Waals surface area contributed by atoms with Gasteiger partial charge in [0.25, 0.3) is 0 Å². The largest absolute Gasteiger partial charge is 0.480 e. The topological polar surface area (TPSA) is 130 Å². The van der Waals surface area contributed by atoms with Gasteiger partial charge in [-0.3, -0.25) is 9.59 Å². The number of aliphatic hydroxyl groups is 1. The predicted molar refractivity (Wildman–Crippen MR) is 54.3 cm³/mol. The number of rotatable bonds is 7. The third kappa shape index (κ3) is 5.30. The first-order valence-electron chi connectivity index (χ1n) is 4.87. The molecule has 0 aliphatic heterocycles. The molecular formula is C9H16N2O5. The number of nitrogens with two attached hydrogens (primary N) is 1. The fourth-order valence-corrected chi connectivity index (χ4v) is 1.12. The summed E-state index contributed by atoms with van der Waals surface area (Å²) in [7, 11) is 0. The molecule has 5 N–H and O–H groups in total. The molecular weight excluding hydrogens is 216 g/mol. The summed E-state index contributed by atoms with van der Waals surface area (Å²) in [4.78, 5) is 32.4. The summed E-state index contributed by atoms with van der Waals surface area (Å²) >= 11 is 0. The molecule has 0 saturated carbocycles. The maximum Gasteiger partial charge on any atom is 0.328 e. The van der Waals surface area contributed by atoms with Gasteiger partial charge in [-0.05, 0) is 6.42 Å². The van der Waals surface area contributed by atoms with Crippen molar-refractivity contribution in [2.45, 2.75) is 38.3 Å². The number of carbonyl (C=O) groups is 3. The van der Waals surface area contributed by atoms with E-state index in [4.69, 9.17) is 10.8 Å². The quantitative estimate of drug-likeness (QED) is 0.428. The minimum absolute atomic E-state index is 0.160. The highest BCUT2D eigenvalue weighted by Gasteiger charge is 2.28. The smallest absolute Gasteiger partial charge is 0.328 e. The molecule has 0 heterocycles. The fourth-order valence-electron chi connectivity index (χ4n) is 1.12. The SMILES string of the molecule is CCCC(=O)NC(C(=O)O)C(O)CC(N)=O. The first kappa shape index (κ1) is 14.4. The molecule has 0 radical (unpaired) electrons. The van der Waals surface area contributed by atoms with Crippen molar-refractivity contribution in [3.8, 4) is 0 Å². The molecule has 0 spiro atoms. The molecule has 16 heavy (non-hydrogen) atoms. The summed E-state index contributed by atoms with van der Waals surface area (Å²) in [5, 5.41) is 20.2. The van der Waals surface area contributed by atoms with E-state index in [1.54, 1.807) is 6.92 Å². The molecule has 0 fully saturated rings. The predicted octanol–water partition coefficient (Wildman–Crippen LogP) is -1.41. The summed E-state index contributed by atoms with van der Waals surface area (Å²) in [5.41, 5.74) is 4.82. The number of carbonyl (C=O) groups excluding carboxylic acids is 2. The zero-order valence-corrected chi connectivity index (χ0v) is 8.97. The van der Waals surface area contributed by atoms with Gasteiger partial charge in [-0.1, -0.05) is 6.92 Å². The Morgan fingerprint density at radius 1 is 1.38 bits per heavy atom. The molecule has 2 unspecified atom stereocenters. The van der Waals surface area contributed by atoms with Crippen LogP contribution in [0.3, 0.4) is 0 Å². The van der Waals surface area contributed by atoms with Crippen LogP contribution in [0.15, 0.2) is 0 Å². The molecule has 0 aromatic rings. The van der Waals surface area contributed by atoms with Crippen LogP contribution in [0.1, 0.15) is 26.2 Å². The Bertz CT molecular complexity index is 279. The van der Waals surface area contributed by atoms with E-state index in [9.17, 15) is 19.5 Å². The Hall–Kier alpha value is -1.63. The second kappa shape index (κ2) is 6.78. The molecule has 2 atom stereocenters. The first-order chi connectivity index (χ1) is 7.38. The standard InChI is InChI=1S/C9H16N2O5/c1-2-3-7(14)11-8(9(15)16)5(12)4-6(10)13/h5,8,12H,2-4H2,1H3,(H2,10,13)(H,11,14)(H,15,16). The van der Waals surface area contributed by atoms with Gasteiger partial charge in [-0.15, -0.1) is 0 Å². The van der Waals surface area contributed by atoms with Gasteiger partial charge in [0.05, 0.1) is 12.5 Å². The number of nitrogens with one attached hydrogen (secondary N) is 1. The Morgan fingerprint density at radius 2 is 1.94 bits per heavy atom. The molecule has 0 rings (SSSR count). The Kier molecular flexibility index (Phi) is 6.09. The van der Waals surface area contributed by atoms with E-state index in [0.717, 1.165) is 0 Å².